The number of carbonyl (C=O) groups is 17. The van der Waals surface area contributed by atoms with Crippen molar-refractivity contribution in [1.29, 1.82) is 16.2 Å². The number of nitrogens with zero attached hydrogens (tertiary/aromatic N) is 4. The number of imidazole rings is 2. The number of guanidine groups is 3. The molecule has 2 aromatic heterocycles. The molecular formula is C82H140N30O20S2. The zero-order chi connectivity index (χ0) is 100. The number of primary amides is 1. The lowest BCUT2D eigenvalue weighted by Crippen LogP contribution is -2.63. The molecule has 2 aromatic rings. The largest absolute Gasteiger partial charge is 0.480 e. The van der Waals surface area contributed by atoms with E-state index in [2.05, 4.69) is 105 Å². The van der Waals surface area contributed by atoms with Gasteiger partial charge in [-0.1, -0.05) is 41.5 Å². The van der Waals surface area contributed by atoms with Crippen LogP contribution in [0.15, 0.2) is 25.0 Å². The summed E-state index contributed by atoms with van der Waals surface area (Å²) >= 11 is 2.68. The molecule has 0 aromatic carbocycles. The Hall–Kier alpha value is -12.2. The van der Waals surface area contributed by atoms with E-state index < -0.39 is 222 Å². The van der Waals surface area contributed by atoms with E-state index in [-0.39, 0.29) is 172 Å². The van der Waals surface area contributed by atoms with Crippen molar-refractivity contribution in [3.05, 3.63) is 36.4 Å². The van der Waals surface area contributed by atoms with Crippen LogP contribution in [-0.2, 0) is 94.3 Å². The van der Waals surface area contributed by atoms with Crippen LogP contribution in [0.3, 0.4) is 0 Å². The first-order chi connectivity index (χ1) is 63.3. The Bertz CT molecular complexity index is 4260. The molecule has 2 aliphatic rings. The van der Waals surface area contributed by atoms with Crippen molar-refractivity contribution in [2.24, 2.45) is 46.4 Å². The maximum atomic E-state index is 15.2. The molecule has 2 saturated heterocycles. The van der Waals surface area contributed by atoms with Gasteiger partial charge in [0, 0.05) is 75.8 Å². The fourth-order valence-corrected chi connectivity index (χ4v) is 15.6. The van der Waals surface area contributed by atoms with E-state index in [9.17, 15) is 82.4 Å². The molecule has 52 heteroatoms. The molecule has 0 saturated carbocycles. The molecule has 4 rings (SSSR count). The SMILES string of the molecule is CSCC[C@H](NC(=O)[C@H](CC(C)C)NC(=O)[C@H](C)NC(=O)[C@H](CCCNC(=N)N)NC(=O)[C@@H]1CCCN1C(=O)[C@H](CC(C)C)NC(=O)[C@H](Cc1cnc[nH]1)NC(=O)[C@@H]1CCCN1C(=O)[C@H](Cc1cnc[nH]1)NC(=O)[C@@H](NC(=O)[C@@H](NC(=O)[C@H](CCCNC(=N)N)NC(=O)[C@H](CCSC)NC(=O)[C@@H](N)CCC(N)=O)C(C)C)[C@@H](C)O)C(=O)N[C@@H](CCCNC(=N)N)C(=O)N[C@@H](CO)C(=O)O. The third-order valence-corrected chi connectivity index (χ3v) is 23.1. The van der Waals surface area contributed by atoms with Crippen LogP contribution in [0.1, 0.15) is 170 Å². The van der Waals surface area contributed by atoms with E-state index >= 15 is 14.4 Å². The van der Waals surface area contributed by atoms with Crippen molar-refractivity contribution in [3.8, 4) is 0 Å². The molecule has 750 valence electrons. The molecule has 0 bridgehead atoms. The van der Waals surface area contributed by atoms with Crippen molar-refractivity contribution in [2.75, 3.05) is 63.3 Å². The summed E-state index contributed by atoms with van der Waals surface area (Å²) in [5.41, 5.74) is 28.4. The molecule has 16 amide bonds. The van der Waals surface area contributed by atoms with Crippen molar-refractivity contribution < 1.29 is 96.8 Å². The predicted molar refractivity (Wildman–Crippen MR) is 495 cm³/mol. The van der Waals surface area contributed by atoms with Crippen LogP contribution >= 0.6 is 23.5 Å². The highest BCUT2D eigenvalue weighted by Crippen LogP contribution is 2.24. The van der Waals surface area contributed by atoms with E-state index in [1.807, 2.05) is 0 Å². The number of likely N-dealkylation sites (tertiary alicyclic amines) is 2. The standard InChI is InChI=1S/C82H140N30O20S2/c1-41(2)32-54(71(123)102-53(24-31-134-10)69(121)100-50(17-12-26-94-81(87)88)67(119)108-58(38-113)79(131)132)104-64(116)44(7)98-66(118)49(16-11-25-93-80(85)86)103-73(125)59-19-14-28-111(59)77(129)56(33-42(3)4)106-72(124)55(34-46-36-91-39-96-46)105-74(126)60-20-15-29-112(60)78(130)57(35-47-37-92-40-97-47)107-76(128)63(45(8)114)110-75(127)62(43(5)6)109-70(122)51(18-13-27-95-82(89)90)101-68(120)52(23-30-133-9)99-65(117)48(83)21-22-61(84)115/h36-37,39-45,48-60,62-63,113-114H,11-35,38,83H2,1-10H3,(H2,84,115)(H,91,96)(H,92,97)(H,98,118)(H,99,117)(H,100,121)(H,101,120)(H,102,123)(H,103,125)(H,104,116)(H,105,126)(H,106,124)(H,107,128)(H,108,119)(H,109,122)(H,110,127)(H,131,132)(H4,85,86,93)(H4,87,88,94)(H4,89,90,95)/t44-,45+,48-,49-,50-,51-,52-,53-,54-,55-,56-,57-,58-,59-,60-,62-,63-/m0/s1. The summed E-state index contributed by atoms with van der Waals surface area (Å²) in [6.07, 6.45) is 7.11. The quantitative estimate of drug-likeness (QED) is 0.0166. The summed E-state index contributed by atoms with van der Waals surface area (Å²) in [5.74, 6) is -17.0. The van der Waals surface area contributed by atoms with Gasteiger partial charge < -0.3 is 149 Å². The summed E-state index contributed by atoms with van der Waals surface area (Å²) in [6, 6.07) is -22.8. The highest BCUT2D eigenvalue weighted by molar-refractivity contribution is 7.98. The van der Waals surface area contributed by atoms with Gasteiger partial charge in [0.2, 0.25) is 94.5 Å². The molecule has 50 nitrogen and oxygen atoms in total. The van der Waals surface area contributed by atoms with Crippen molar-refractivity contribution >= 4 is 142 Å². The number of aromatic amines is 2. The number of aliphatic hydroxyl groups excluding tert-OH is 2. The normalized spacial score (nSPS) is 16.9. The van der Waals surface area contributed by atoms with Gasteiger partial charge >= 0.3 is 5.97 Å². The molecule has 0 aliphatic carbocycles. The minimum absolute atomic E-state index is 0.000957. The maximum absolute atomic E-state index is 15.2. The third-order valence-electron chi connectivity index (χ3n) is 21.8. The van der Waals surface area contributed by atoms with Crippen molar-refractivity contribution in [1.82, 2.24) is 115 Å². The van der Waals surface area contributed by atoms with Gasteiger partial charge in [-0.3, -0.25) is 92.9 Å². The topological polar surface area (TPSA) is 809 Å². The van der Waals surface area contributed by atoms with E-state index in [1.54, 1.807) is 54.1 Å². The van der Waals surface area contributed by atoms with Gasteiger partial charge in [0.1, 0.15) is 90.6 Å². The zero-order valence-electron chi connectivity index (χ0n) is 77.5. The number of aromatic nitrogens is 4. The predicted octanol–water partition coefficient (Wildman–Crippen LogP) is -7.68. The average molecular weight is 1930 g/mol. The molecule has 134 heavy (non-hydrogen) atoms. The number of thioether (sulfide) groups is 2. The van der Waals surface area contributed by atoms with Crippen LogP contribution in [0.5, 0.6) is 0 Å². The number of nitrogens with two attached hydrogens (primary N) is 5. The van der Waals surface area contributed by atoms with Gasteiger partial charge in [-0.15, -0.1) is 0 Å². The number of H-pyrrole nitrogens is 2. The van der Waals surface area contributed by atoms with Gasteiger partial charge in [0.15, 0.2) is 17.9 Å². The van der Waals surface area contributed by atoms with Crippen LogP contribution in [0.4, 0.5) is 0 Å². The zero-order valence-corrected chi connectivity index (χ0v) is 79.1. The second-order valence-electron chi connectivity index (χ2n) is 34.1. The Labute approximate surface area is 786 Å². The number of amides is 16. The number of aliphatic hydroxyl groups is 2. The number of rotatable bonds is 61. The summed E-state index contributed by atoms with van der Waals surface area (Å²) in [6.45, 7) is 11.9. The molecule has 17 atom stereocenters. The van der Waals surface area contributed by atoms with Gasteiger partial charge in [0.25, 0.3) is 0 Å². The van der Waals surface area contributed by atoms with Crippen molar-refractivity contribution in [3.63, 3.8) is 0 Å². The van der Waals surface area contributed by atoms with Gasteiger partial charge in [-0.2, -0.15) is 23.5 Å². The first kappa shape index (κ1) is 114. The molecule has 0 radical (unpaired) electrons. The highest BCUT2D eigenvalue weighted by atomic mass is 32.2. The Morgan fingerprint density at radius 2 is 0.806 bits per heavy atom. The molecule has 4 heterocycles. The van der Waals surface area contributed by atoms with E-state index in [4.69, 9.17) is 44.9 Å². The number of hydrogen-bond acceptors (Lipinski definition) is 27. The van der Waals surface area contributed by atoms with Gasteiger partial charge in [-0.05, 0) is 152 Å². The van der Waals surface area contributed by atoms with Crippen molar-refractivity contribution in [2.45, 2.75) is 274 Å². The highest BCUT2D eigenvalue weighted by Gasteiger charge is 2.45. The fraction of sp³-hybridized carbons (Fsp3) is 0.683. The van der Waals surface area contributed by atoms with Crippen LogP contribution in [0, 0.1) is 34.0 Å². The average Bonchev–Trinajstić information content (AvgIpc) is 1.64. The first-order valence-electron chi connectivity index (χ1n) is 44.6. The second kappa shape index (κ2) is 58.7. The fourth-order valence-electron chi connectivity index (χ4n) is 14.6. The van der Waals surface area contributed by atoms with Crippen LogP contribution < -0.4 is 114 Å². The smallest absolute Gasteiger partial charge is 0.328 e. The Morgan fingerprint density at radius 1 is 0.448 bits per heavy atom. The number of carboxylic acids is 1. The summed E-state index contributed by atoms with van der Waals surface area (Å²) < 4.78 is 0. The monoisotopic (exact) mass is 1930 g/mol. The Morgan fingerprint density at radius 3 is 1.22 bits per heavy atom. The minimum Gasteiger partial charge on any atom is -0.480 e. The number of nitrogens with one attached hydrogen (secondary N) is 21. The second-order valence-corrected chi connectivity index (χ2v) is 36.1. The van der Waals surface area contributed by atoms with Gasteiger partial charge in [0.05, 0.1) is 31.4 Å². The number of hydrogen-bond donors (Lipinski definition) is 29. The summed E-state index contributed by atoms with van der Waals surface area (Å²) in [5, 5.41) is 94.9. The number of carbonyl (C=O) groups excluding carboxylic acids is 16. The van der Waals surface area contributed by atoms with E-state index in [1.165, 1.54) is 72.2 Å². The van der Waals surface area contributed by atoms with Crippen LogP contribution in [-0.4, -0.2) is 330 Å². The van der Waals surface area contributed by atoms with E-state index in [0.717, 1.165) is 0 Å². The molecule has 34 N–H and O–H groups in total. The number of aliphatic carboxylic acids is 1. The lowest BCUT2D eigenvalue weighted by atomic mass is 10.0. The van der Waals surface area contributed by atoms with Gasteiger partial charge in [-0.25, -0.2) is 14.8 Å². The molecule has 2 aliphatic heterocycles. The first-order valence-corrected chi connectivity index (χ1v) is 47.4. The summed E-state index contributed by atoms with van der Waals surface area (Å²) in [4.78, 5) is 256. The number of carboxylic acid groups (broad SMARTS) is 1. The molecular weight excluding hydrogens is 1790 g/mol. The lowest BCUT2D eigenvalue weighted by molar-refractivity contribution is -0.144. The van der Waals surface area contributed by atoms with Crippen LogP contribution in [0.2, 0.25) is 0 Å². The molecule has 0 spiro atoms. The maximum Gasteiger partial charge on any atom is 0.328 e. The van der Waals surface area contributed by atoms with Crippen LogP contribution in [0.25, 0.3) is 0 Å². The van der Waals surface area contributed by atoms with E-state index in [0.29, 0.717) is 22.9 Å². The minimum atomic E-state index is -1.83. The Balaban J connectivity index is 1.58. The molecule has 0 unspecified atom stereocenters. The summed E-state index contributed by atoms with van der Waals surface area (Å²) in [7, 11) is 0. The molecule has 2 fully saturated rings. The third kappa shape index (κ3) is 39.9. The Kier molecular flexibility index (Phi) is 50.0. The lowest BCUT2D eigenvalue weighted by Gasteiger charge is -2.32.